The number of ether oxygens (including phenoxy) is 1. The Balaban J connectivity index is 2.16. The van der Waals surface area contributed by atoms with Gasteiger partial charge < -0.3 is 9.84 Å². The van der Waals surface area contributed by atoms with Crippen LogP contribution in [0.4, 0.5) is 0 Å². The molecule has 0 amide bonds. The molecule has 0 aliphatic rings. The summed E-state index contributed by atoms with van der Waals surface area (Å²) in [4.78, 5) is 11.3. The lowest BCUT2D eigenvalue weighted by atomic mass is 10.1. The molecule has 0 radical (unpaired) electrons. The highest BCUT2D eigenvalue weighted by molar-refractivity contribution is 6.42. The fraction of sp³-hybridized carbons (Fsp3) is 0.0588. The van der Waals surface area contributed by atoms with Crippen molar-refractivity contribution in [2.75, 3.05) is 7.11 Å². The van der Waals surface area contributed by atoms with Gasteiger partial charge in [0, 0.05) is 5.56 Å². The first-order chi connectivity index (χ1) is 11.5. The Hall–Kier alpha value is -2.50. The van der Waals surface area contributed by atoms with Gasteiger partial charge in [0.05, 0.1) is 28.5 Å². The van der Waals surface area contributed by atoms with Crippen LogP contribution in [0, 0.1) is 0 Å². The zero-order valence-corrected chi connectivity index (χ0v) is 14.0. The van der Waals surface area contributed by atoms with Gasteiger partial charge in [0.25, 0.3) is 0 Å². The van der Waals surface area contributed by atoms with Gasteiger partial charge in [-0.3, -0.25) is 0 Å². The van der Waals surface area contributed by atoms with Crippen molar-refractivity contribution in [2.24, 2.45) is 0 Å². The van der Waals surface area contributed by atoms with Gasteiger partial charge in [0.1, 0.15) is 5.75 Å². The molecule has 24 heavy (non-hydrogen) atoms. The average Bonchev–Trinajstić information content (AvgIpc) is 3.03. The van der Waals surface area contributed by atoms with E-state index in [1.165, 1.54) is 10.7 Å². The van der Waals surface area contributed by atoms with Crippen molar-refractivity contribution in [2.45, 2.75) is 0 Å². The van der Waals surface area contributed by atoms with Gasteiger partial charge in [-0.05, 0) is 48.5 Å². The maximum Gasteiger partial charge on any atom is 0.356 e. The molecular weight excluding hydrogens is 351 g/mol. The lowest BCUT2D eigenvalue weighted by molar-refractivity contribution is 0.0690. The number of benzene rings is 2. The lowest BCUT2D eigenvalue weighted by Gasteiger charge is -2.09. The first-order valence-electron chi connectivity index (χ1n) is 6.93. The van der Waals surface area contributed by atoms with E-state index in [0.29, 0.717) is 27.2 Å². The van der Waals surface area contributed by atoms with E-state index >= 15 is 0 Å². The largest absolute Gasteiger partial charge is 0.497 e. The third-order valence-corrected chi connectivity index (χ3v) is 4.20. The molecule has 1 heterocycles. The minimum absolute atomic E-state index is 0.0631. The summed E-state index contributed by atoms with van der Waals surface area (Å²) in [7, 11) is 1.58. The van der Waals surface area contributed by atoms with Crippen LogP contribution in [0.5, 0.6) is 5.75 Å². The number of rotatable bonds is 4. The van der Waals surface area contributed by atoms with Gasteiger partial charge in [-0.25, -0.2) is 9.48 Å². The smallest absolute Gasteiger partial charge is 0.356 e. The highest BCUT2D eigenvalue weighted by Gasteiger charge is 2.16. The molecule has 0 unspecified atom stereocenters. The van der Waals surface area contributed by atoms with E-state index in [2.05, 4.69) is 5.10 Å². The molecule has 7 heteroatoms. The highest BCUT2D eigenvalue weighted by Crippen LogP contribution is 2.29. The van der Waals surface area contributed by atoms with Gasteiger partial charge in [-0.1, -0.05) is 23.2 Å². The molecule has 1 aromatic heterocycles. The molecule has 0 aliphatic carbocycles. The highest BCUT2D eigenvalue weighted by atomic mass is 35.5. The van der Waals surface area contributed by atoms with Gasteiger partial charge in [0.2, 0.25) is 0 Å². The second-order valence-corrected chi connectivity index (χ2v) is 5.77. The minimum Gasteiger partial charge on any atom is -0.497 e. The summed E-state index contributed by atoms with van der Waals surface area (Å²) in [6, 6.07) is 13.7. The fourth-order valence-corrected chi connectivity index (χ4v) is 2.56. The van der Waals surface area contributed by atoms with E-state index in [1.807, 2.05) is 12.1 Å². The number of aromatic carboxylic acids is 1. The summed E-state index contributed by atoms with van der Waals surface area (Å²) in [6.07, 6.45) is 0. The summed E-state index contributed by atoms with van der Waals surface area (Å²) in [5.41, 5.74) is 1.96. The molecule has 1 N–H and O–H groups in total. The maximum atomic E-state index is 11.3. The van der Waals surface area contributed by atoms with E-state index < -0.39 is 5.97 Å². The predicted molar refractivity (Wildman–Crippen MR) is 92.5 cm³/mol. The number of methoxy groups -OCH3 is 1. The van der Waals surface area contributed by atoms with Crippen molar-refractivity contribution < 1.29 is 14.6 Å². The predicted octanol–water partition coefficient (Wildman–Crippen LogP) is 4.55. The molecule has 0 saturated heterocycles. The topological polar surface area (TPSA) is 64.3 Å². The molecule has 2 aromatic carbocycles. The van der Waals surface area contributed by atoms with Crippen LogP contribution in [0.15, 0.2) is 48.5 Å². The van der Waals surface area contributed by atoms with E-state index in [1.54, 1.807) is 37.4 Å². The van der Waals surface area contributed by atoms with Crippen molar-refractivity contribution in [3.8, 4) is 22.7 Å². The van der Waals surface area contributed by atoms with Crippen molar-refractivity contribution in [1.82, 2.24) is 9.78 Å². The lowest BCUT2D eigenvalue weighted by Crippen LogP contribution is -2.02. The van der Waals surface area contributed by atoms with Gasteiger partial charge in [0.15, 0.2) is 5.69 Å². The van der Waals surface area contributed by atoms with Crippen LogP contribution in [0.3, 0.4) is 0 Å². The summed E-state index contributed by atoms with van der Waals surface area (Å²) >= 11 is 12.0. The Morgan fingerprint density at radius 1 is 1.08 bits per heavy atom. The van der Waals surface area contributed by atoms with Crippen molar-refractivity contribution in [1.29, 1.82) is 0 Å². The van der Waals surface area contributed by atoms with Gasteiger partial charge >= 0.3 is 5.97 Å². The quantitative estimate of drug-likeness (QED) is 0.739. The number of carboxylic acid groups (broad SMARTS) is 1. The Labute approximate surface area is 148 Å². The molecule has 0 bridgehead atoms. The fourth-order valence-electron chi connectivity index (χ4n) is 2.27. The molecule has 122 valence electrons. The first-order valence-corrected chi connectivity index (χ1v) is 7.68. The first kappa shape index (κ1) is 16.4. The molecule has 5 nitrogen and oxygen atoms in total. The molecule has 0 atom stereocenters. The third-order valence-electron chi connectivity index (χ3n) is 3.46. The van der Waals surface area contributed by atoms with Crippen LogP contribution < -0.4 is 4.74 Å². The second-order valence-electron chi connectivity index (χ2n) is 4.96. The van der Waals surface area contributed by atoms with Crippen molar-refractivity contribution in [3.05, 3.63) is 64.3 Å². The van der Waals surface area contributed by atoms with Crippen LogP contribution in [0.2, 0.25) is 10.0 Å². The molecular formula is C17H12Cl2N2O3. The van der Waals surface area contributed by atoms with Crippen LogP contribution in [-0.4, -0.2) is 28.0 Å². The third kappa shape index (κ3) is 3.09. The number of nitrogens with zero attached hydrogens (tertiary/aromatic N) is 2. The Morgan fingerprint density at radius 3 is 2.38 bits per heavy atom. The Kier molecular flexibility index (Phi) is 4.46. The zero-order chi connectivity index (χ0) is 17.3. The SMILES string of the molecule is COc1ccc(-c2cc(C(=O)O)nn2-c2ccc(Cl)c(Cl)c2)cc1. The van der Waals surface area contributed by atoms with Crippen LogP contribution in [0.1, 0.15) is 10.5 Å². The van der Waals surface area contributed by atoms with Crippen molar-refractivity contribution in [3.63, 3.8) is 0 Å². The normalized spacial score (nSPS) is 10.6. The summed E-state index contributed by atoms with van der Waals surface area (Å²) in [6.45, 7) is 0. The van der Waals surface area contributed by atoms with E-state index in [0.717, 1.165) is 5.56 Å². The average molecular weight is 363 g/mol. The van der Waals surface area contributed by atoms with E-state index in [9.17, 15) is 9.90 Å². The number of hydrogen-bond donors (Lipinski definition) is 1. The monoisotopic (exact) mass is 362 g/mol. The van der Waals surface area contributed by atoms with Crippen LogP contribution in [-0.2, 0) is 0 Å². The minimum atomic E-state index is -1.11. The number of carbonyl (C=O) groups is 1. The zero-order valence-electron chi connectivity index (χ0n) is 12.5. The number of halogens is 2. The molecule has 3 aromatic rings. The molecule has 0 saturated carbocycles. The van der Waals surface area contributed by atoms with Crippen LogP contribution >= 0.6 is 23.2 Å². The number of carboxylic acids is 1. The van der Waals surface area contributed by atoms with Crippen molar-refractivity contribution >= 4 is 29.2 Å². The Morgan fingerprint density at radius 2 is 1.79 bits per heavy atom. The molecule has 0 fully saturated rings. The summed E-state index contributed by atoms with van der Waals surface area (Å²) in [5.74, 6) is -0.401. The summed E-state index contributed by atoms with van der Waals surface area (Å²) < 4.78 is 6.66. The summed E-state index contributed by atoms with van der Waals surface area (Å²) in [5, 5.41) is 14.2. The van der Waals surface area contributed by atoms with Crippen LogP contribution in [0.25, 0.3) is 16.9 Å². The van der Waals surface area contributed by atoms with E-state index in [4.69, 9.17) is 27.9 Å². The number of aromatic nitrogens is 2. The number of hydrogen-bond acceptors (Lipinski definition) is 3. The molecule has 3 rings (SSSR count). The standard InChI is InChI=1S/C17H12Cl2N2O3/c1-24-12-5-2-10(3-6-12)16-9-15(17(22)23)20-21(16)11-4-7-13(18)14(19)8-11/h2-9H,1H3,(H,22,23). The molecule has 0 spiro atoms. The van der Waals surface area contributed by atoms with Gasteiger partial charge in [-0.15, -0.1) is 0 Å². The van der Waals surface area contributed by atoms with Gasteiger partial charge in [-0.2, -0.15) is 5.10 Å². The van der Waals surface area contributed by atoms with E-state index in [-0.39, 0.29) is 5.69 Å². The Bertz CT molecular complexity index is 905. The maximum absolute atomic E-state index is 11.3. The molecule has 0 aliphatic heterocycles. The second kappa shape index (κ2) is 6.55.